The maximum atomic E-state index is 3.98. The van der Waals surface area contributed by atoms with Gasteiger partial charge in [-0.3, -0.25) is 0 Å². The molecule has 3 heterocycles. The second-order valence-corrected chi connectivity index (χ2v) is 14.4. The van der Waals surface area contributed by atoms with Crippen LogP contribution in [0.4, 0.5) is 0 Å². The number of nitrogens with zero attached hydrogens (tertiary/aromatic N) is 2. The number of aromatic nitrogens is 2. The molecule has 7 aromatic carbocycles. The molecular formula is C49H34N2S. The molecule has 0 fully saturated rings. The minimum Gasteiger partial charge on any atom is -0.313 e. The lowest BCUT2D eigenvalue weighted by atomic mass is 9.96. The highest BCUT2D eigenvalue weighted by atomic mass is 32.1. The van der Waals surface area contributed by atoms with Gasteiger partial charge in [0.15, 0.2) is 0 Å². The monoisotopic (exact) mass is 682 g/mol. The van der Waals surface area contributed by atoms with Crippen molar-refractivity contribution >= 4 is 70.3 Å². The Kier molecular flexibility index (Phi) is 7.09. The summed E-state index contributed by atoms with van der Waals surface area (Å²) in [7, 11) is 0. The van der Waals surface area contributed by atoms with Crippen molar-refractivity contribution in [1.29, 1.82) is 0 Å². The molecule has 2 nitrogen and oxygen atoms in total. The van der Waals surface area contributed by atoms with Gasteiger partial charge in [-0.05, 0) is 78.2 Å². The number of rotatable bonds is 6. The van der Waals surface area contributed by atoms with Crippen LogP contribution in [0.2, 0.25) is 0 Å². The van der Waals surface area contributed by atoms with Crippen LogP contribution in [-0.4, -0.2) is 9.13 Å². The highest BCUT2D eigenvalue weighted by molar-refractivity contribution is 7.26. The lowest BCUT2D eigenvalue weighted by Gasteiger charge is -2.13. The van der Waals surface area contributed by atoms with E-state index in [1.54, 1.807) is 0 Å². The van der Waals surface area contributed by atoms with E-state index in [0.29, 0.717) is 0 Å². The van der Waals surface area contributed by atoms with Gasteiger partial charge >= 0.3 is 0 Å². The summed E-state index contributed by atoms with van der Waals surface area (Å²) in [6.45, 7) is 6.19. The van der Waals surface area contributed by atoms with Gasteiger partial charge in [-0.1, -0.05) is 128 Å². The Labute approximate surface area is 306 Å². The van der Waals surface area contributed by atoms with E-state index in [0.717, 1.165) is 5.69 Å². The first-order chi connectivity index (χ1) is 25.7. The fourth-order valence-electron chi connectivity index (χ4n) is 8.20. The number of benzene rings is 7. The van der Waals surface area contributed by atoms with Crippen molar-refractivity contribution in [3.05, 3.63) is 188 Å². The SMILES string of the molecule is C=C/C=C\c1c(C)n(-c2ccccc2)c2cccc(-c3ccc4c(c3)c3ccccc3n4-c3cc(-c4ccccc4)c4sc5ccccc5c4c3)c12. The van der Waals surface area contributed by atoms with Gasteiger partial charge in [0.1, 0.15) is 0 Å². The number of fused-ring (bicyclic) bond motifs is 7. The van der Waals surface area contributed by atoms with Crippen molar-refractivity contribution in [2.24, 2.45) is 0 Å². The predicted octanol–water partition coefficient (Wildman–Crippen LogP) is 13.9. The average Bonchev–Trinajstić information content (AvgIpc) is 3.84. The van der Waals surface area contributed by atoms with Crippen molar-refractivity contribution in [3.8, 4) is 33.6 Å². The Hall–Kier alpha value is -6.42. The van der Waals surface area contributed by atoms with Crippen molar-refractivity contribution in [1.82, 2.24) is 9.13 Å². The van der Waals surface area contributed by atoms with Crippen LogP contribution in [-0.2, 0) is 0 Å². The van der Waals surface area contributed by atoms with E-state index in [-0.39, 0.29) is 0 Å². The molecule has 0 aliphatic heterocycles. The molecule has 10 aromatic rings. The Bertz CT molecular complexity index is 3030. The van der Waals surface area contributed by atoms with Crippen LogP contribution in [0.25, 0.3) is 92.6 Å². The van der Waals surface area contributed by atoms with Crippen LogP contribution in [0, 0.1) is 6.92 Å². The molecule has 10 rings (SSSR count). The van der Waals surface area contributed by atoms with Gasteiger partial charge in [0.25, 0.3) is 0 Å². The topological polar surface area (TPSA) is 9.86 Å². The summed E-state index contributed by atoms with van der Waals surface area (Å²) in [6.07, 6.45) is 6.10. The highest BCUT2D eigenvalue weighted by Gasteiger charge is 2.20. The molecule has 0 aliphatic carbocycles. The zero-order valence-corrected chi connectivity index (χ0v) is 29.6. The van der Waals surface area contributed by atoms with Gasteiger partial charge < -0.3 is 9.13 Å². The van der Waals surface area contributed by atoms with E-state index in [9.17, 15) is 0 Å². The van der Waals surface area contributed by atoms with Crippen LogP contribution >= 0.6 is 11.3 Å². The Morgan fingerprint density at radius 2 is 1.23 bits per heavy atom. The molecule has 0 saturated heterocycles. The Morgan fingerprint density at radius 3 is 2.06 bits per heavy atom. The Morgan fingerprint density at radius 1 is 0.519 bits per heavy atom. The van der Waals surface area contributed by atoms with E-state index in [1.165, 1.54) is 92.1 Å². The maximum Gasteiger partial charge on any atom is 0.0543 e. The quantitative estimate of drug-likeness (QED) is 0.155. The summed E-state index contributed by atoms with van der Waals surface area (Å²) in [5, 5.41) is 6.32. The van der Waals surface area contributed by atoms with Crippen molar-refractivity contribution < 1.29 is 0 Å². The van der Waals surface area contributed by atoms with Gasteiger partial charge in [0.05, 0.1) is 16.6 Å². The minimum absolute atomic E-state index is 1.16. The lowest BCUT2D eigenvalue weighted by Crippen LogP contribution is -1.96. The molecule has 0 N–H and O–H groups in total. The molecule has 0 saturated carbocycles. The van der Waals surface area contributed by atoms with Gasteiger partial charge in [0, 0.05) is 64.5 Å². The van der Waals surface area contributed by atoms with E-state index >= 15 is 0 Å². The van der Waals surface area contributed by atoms with Gasteiger partial charge in [-0.25, -0.2) is 0 Å². The third kappa shape index (κ3) is 4.63. The molecule has 0 aliphatic rings. The summed E-state index contributed by atoms with van der Waals surface area (Å²) in [6, 6.07) is 57.6. The molecule has 0 bridgehead atoms. The van der Waals surface area contributed by atoms with Crippen LogP contribution in [0.15, 0.2) is 176 Å². The van der Waals surface area contributed by atoms with Crippen molar-refractivity contribution in [2.45, 2.75) is 6.92 Å². The van der Waals surface area contributed by atoms with E-state index in [2.05, 4.69) is 186 Å². The van der Waals surface area contributed by atoms with Gasteiger partial charge in [-0.2, -0.15) is 0 Å². The van der Waals surface area contributed by atoms with Crippen molar-refractivity contribution in [3.63, 3.8) is 0 Å². The minimum atomic E-state index is 1.16. The third-order valence-corrected chi connectivity index (χ3v) is 11.7. The highest BCUT2D eigenvalue weighted by Crippen LogP contribution is 2.44. The first-order valence-electron chi connectivity index (χ1n) is 17.7. The second kappa shape index (κ2) is 12.1. The van der Waals surface area contributed by atoms with Crippen molar-refractivity contribution in [2.75, 3.05) is 0 Å². The van der Waals surface area contributed by atoms with E-state index in [4.69, 9.17) is 0 Å². The molecule has 3 aromatic heterocycles. The number of allylic oxidation sites excluding steroid dienone is 2. The van der Waals surface area contributed by atoms with E-state index < -0.39 is 0 Å². The molecular weight excluding hydrogens is 649 g/mol. The number of hydrogen-bond acceptors (Lipinski definition) is 1. The maximum absolute atomic E-state index is 3.98. The largest absolute Gasteiger partial charge is 0.313 e. The second-order valence-electron chi connectivity index (χ2n) is 13.4. The molecule has 0 amide bonds. The fourth-order valence-corrected chi connectivity index (χ4v) is 9.42. The number of para-hydroxylation sites is 2. The molecule has 0 atom stereocenters. The van der Waals surface area contributed by atoms with Crippen LogP contribution in [0.1, 0.15) is 11.3 Å². The van der Waals surface area contributed by atoms with Gasteiger partial charge in [0.2, 0.25) is 0 Å². The fraction of sp³-hybridized carbons (Fsp3) is 0.0204. The summed E-state index contributed by atoms with van der Waals surface area (Å²) in [4.78, 5) is 0. The molecule has 0 unspecified atom stereocenters. The summed E-state index contributed by atoms with van der Waals surface area (Å²) >= 11 is 1.88. The van der Waals surface area contributed by atoms with Crippen LogP contribution in [0.3, 0.4) is 0 Å². The summed E-state index contributed by atoms with van der Waals surface area (Å²) < 4.78 is 7.47. The lowest BCUT2D eigenvalue weighted by molar-refractivity contribution is 1.05. The predicted molar refractivity (Wildman–Crippen MR) is 225 cm³/mol. The number of thiophene rings is 1. The number of hydrogen-bond donors (Lipinski definition) is 0. The van der Waals surface area contributed by atoms with E-state index in [1.807, 2.05) is 23.5 Å². The average molecular weight is 683 g/mol. The molecule has 52 heavy (non-hydrogen) atoms. The zero-order valence-electron chi connectivity index (χ0n) is 28.8. The third-order valence-electron chi connectivity index (χ3n) is 10.5. The summed E-state index contributed by atoms with van der Waals surface area (Å²) in [5.41, 5.74) is 13.2. The first-order valence-corrected chi connectivity index (χ1v) is 18.5. The summed E-state index contributed by atoms with van der Waals surface area (Å²) in [5.74, 6) is 0. The first kappa shape index (κ1) is 30.4. The molecule has 0 spiro atoms. The van der Waals surface area contributed by atoms with Crippen LogP contribution < -0.4 is 0 Å². The van der Waals surface area contributed by atoms with Crippen LogP contribution in [0.5, 0.6) is 0 Å². The standard InChI is InChI=1S/C49H34N2S/c1-3-4-20-37-32(2)50(35-18-9-6-10-19-35)46-25-15-23-38(48(37)46)34-27-28-45-42(29-34)39-21-11-13-24-44(39)51(45)36-30-41(33-16-7-5-8-17-33)49-43(31-36)40-22-12-14-26-47(40)52-49/h3-31H,1H2,2H3/b20-4-. The van der Waals surface area contributed by atoms with Gasteiger partial charge in [-0.15, -0.1) is 11.3 Å². The normalized spacial score (nSPS) is 11.9. The Balaban J connectivity index is 1.24. The molecule has 0 radical (unpaired) electrons. The zero-order chi connectivity index (χ0) is 34.8. The molecule has 3 heteroatoms. The molecule has 246 valence electrons. The smallest absolute Gasteiger partial charge is 0.0543 e.